The molecule has 0 saturated carbocycles. The Morgan fingerprint density at radius 2 is 2.04 bits per heavy atom. The van der Waals surface area contributed by atoms with E-state index in [1.54, 1.807) is 17.9 Å². The van der Waals surface area contributed by atoms with Gasteiger partial charge >= 0.3 is 12.3 Å². The second-order valence-electron chi connectivity index (χ2n) is 6.01. The Balaban J connectivity index is 1.89. The summed E-state index contributed by atoms with van der Waals surface area (Å²) in [5.41, 5.74) is 1.66. The lowest BCUT2D eigenvalue weighted by atomic mass is 9.96. The number of hydrogen-bond acceptors (Lipinski definition) is 3. The number of carbonyl (C=O) groups is 1. The number of alkyl halides is 3. The van der Waals surface area contributed by atoms with Gasteiger partial charge in [-0.2, -0.15) is 18.3 Å². The first-order valence-corrected chi connectivity index (χ1v) is 7.68. The van der Waals surface area contributed by atoms with Gasteiger partial charge in [0, 0.05) is 25.8 Å². The molecule has 1 aliphatic heterocycles. The van der Waals surface area contributed by atoms with Gasteiger partial charge in [0.2, 0.25) is 0 Å². The molecule has 0 radical (unpaired) electrons. The summed E-state index contributed by atoms with van der Waals surface area (Å²) in [4.78, 5) is 12.6. The molecule has 0 spiro atoms. The van der Waals surface area contributed by atoms with Gasteiger partial charge in [0.15, 0.2) is 0 Å². The van der Waals surface area contributed by atoms with Gasteiger partial charge in [0.05, 0.1) is 23.1 Å². The highest BCUT2D eigenvalue weighted by molar-refractivity contribution is 5.67. The molecule has 2 N–H and O–H groups in total. The van der Waals surface area contributed by atoms with Crippen LogP contribution in [0.5, 0.6) is 0 Å². The molecule has 2 heterocycles. The number of aryl methyl sites for hydroxylation is 1. The van der Waals surface area contributed by atoms with E-state index in [1.807, 2.05) is 4.90 Å². The summed E-state index contributed by atoms with van der Waals surface area (Å²) >= 11 is 0. The van der Waals surface area contributed by atoms with Crippen LogP contribution in [0, 0.1) is 5.92 Å². The van der Waals surface area contributed by atoms with Crippen LogP contribution in [-0.4, -0.2) is 34.1 Å². The van der Waals surface area contributed by atoms with Crippen molar-refractivity contribution in [3.63, 3.8) is 0 Å². The van der Waals surface area contributed by atoms with Gasteiger partial charge in [-0.1, -0.05) is 0 Å². The van der Waals surface area contributed by atoms with Crippen molar-refractivity contribution in [2.24, 2.45) is 13.0 Å². The summed E-state index contributed by atoms with van der Waals surface area (Å²) in [5, 5.41) is 15.4. The zero-order chi connectivity index (χ0) is 18.2. The third kappa shape index (κ3) is 3.54. The molecule has 0 aliphatic carbocycles. The molecule has 1 amide bonds. The molecule has 1 aliphatic rings. The molecule has 6 nitrogen and oxygen atoms in total. The zero-order valence-corrected chi connectivity index (χ0v) is 13.4. The fourth-order valence-corrected chi connectivity index (χ4v) is 3.05. The van der Waals surface area contributed by atoms with Gasteiger partial charge in [-0.3, -0.25) is 4.68 Å². The molecule has 0 saturated heterocycles. The fraction of sp³-hybridized carbons (Fsp3) is 0.375. The second-order valence-corrected chi connectivity index (χ2v) is 6.01. The van der Waals surface area contributed by atoms with E-state index < -0.39 is 17.8 Å². The van der Waals surface area contributed by atoms with E-state index in [-0.39, 0.29) is 12.5 Å². The lowest BCUT2D eigenvalue weighted by Crippen LogP contribution is -2.39. The van der Waals surface area contributed by atoms with Crippen molar-refractivity contribution in [2.45, 2.75) is 12.6 Å². The quantitative estimate of drug-likeness (QED) is 0.889. The molecular formula is C16H17F3N4O2. The number of nitrogens with zero attached hydrogens (tertiary/aromatic N) is 3. The van der Waals surface area contributed by atoms with Crippen molar-refractivity contribution in [1.82, 2.24) is 15.1 Å². The average molecular weight is 354 g/mol. The van der Waals surface area contributed by atoms with E-state index in [9.17, 15) is 18.0 Å². The third-order valence-corrected chi connectivity index (χ3v) is 4.30. The Bertz CT molecular complexity index is 771. The van der Waals surface area contributed by atoms with Crippen LogP contribution in [0.25, 0.3) is 0 Å². The van der Waals surface area contributed by atoms with Crippen LogP contribution in [0.1, 0.15) is 11.3 Å². The van der Waals surface area contributed by atoms with Crippen molar-refractivity contribution in [2.75, 3.05) is 18.0 Å². The van der Waals surface area contributed by atoms with E-state index in [2.05, 4.69) is 10.4 Å². The maximum Gasteiger partial charge on any atom is 0.416 e. The maximum absolute atomic E-state index is 12.8. The topological polar surface area (TPSA) is 70.4 Å². The summed E-state index contributed by atoms with van der Waals surface area (Å²) in [6.07, 6.45) is -3.16. The van der Waals surface area contributed by atoms with Gasteiger partial charge in [0.1, 0.15) is 0 Å². The Morgan fingerprint density at radius 1 is 1.36 bits per heavy atom. The molecule has 25 heavy (non-hydrogen) atoms. The van der Waals surface area contributed by atoms with Gasteiger partial charge in [-0.05, 0) is 36.6 Å². The van der Waals surface area contributed by atoms with Crippen molar-refractivity contribution in [1.29, 1.82) is 0 Å². The molecular weight excluding hydrogens is 337 g/mol. The molecule has 2 aromatic rings. The Morgan fingerprint density at radius 3 is 2.64 bits per heavy atom. The van der Waals surface area contributed by atoms with Crippen LogP contribution >= 0.6 is 0 Å². The van der Waals surface area contributed by atoms with Crippen molar-refractivity contribution in [3.05, 3.63) is 41.7 Å². The number of fused-ring (bicyclic) bond motifs is 1. The molecule has 1 aromatic carbocycles. The number of amides is 1. The van der Waals surface area contributed by atoms with Crippen LogP contribution in [0.2, 0.25) is 0 Å². The first kappa shape index (κ1) is 17.1. The summed E-state index contributed by atoms with van der Waals surface area (Å²) in [6.45, 7) is 0.751. The summed E-state index contributed by atoms with van der Waals surface area (Å²) < 4.78 is 40.0. The molecule has 3 rings (SSSR count). The van der Waals surface area contributed by atoms with E-state index >= 15 is 0 Å². The zero-order valence-electron chi connectivity index (χ0n) is 13.4. The molecule has 134 valence electrons. The SMILES string of the molecule is Cn1ncc2c1CC(CNC(=O)O)CN2c1ccc(C(F)(F)F)cc1. The minimum Gasteiger partial charge on any atom is -0.465 e. The maximum atomic E-state index is 12.8. The van der Waals surface area contributed by atoms with E-state index in [4.69, 9.17) is 5.11 Å². The number of halogens is 3. The lowest BCUT2D eigenvalue weighted by Gasteiger charge is -2.34. The predicted octanol–water partition coefficient (Wildman–Crippen LogP) is 3.02. The number of rotatable bonds is 3. The first-order valence-electron chi connectivity index (χ1n) is 7.68. The molecule has 1 unspecified atom stereocenters. The number of benzene rings is 1. The van der Waals surface area contributed by atoms with Crippen molar-refractivity contribution >= 4 is 17.5 Å². The number of carboxylic acid groups (broad SMARTS) is 1. The van der Waals surface area contributed by atoms with Crippen LogP contribution in [0.3, 0.4) is 0 Å². The highest BCUT2D eigenvalue weighted by atomic mass is 19.4. The van der Waals surface area contributed by atoms with Gasteiger partial charge in [-0.25, -0.2) is 4.79 Å². The van der Waals surface area contributed by atoms with Crippen LogP contribution in [-0.2, 0) is 19.6 Å². The normalized spacial score (nSPS) is 17.3. The Labute approximate surface area is 141 Å². The van der Waals surface area contributed by atoms with Gasteiger partial charge < -0.3 is 15.3 Å². The standard InChI is InChI=1S/C16H17F3N4O2/c1-22-13-6-10(7-20-15(24)25)9-23(14(13)8-21-22)12-4-2-11(3-5-12)16(17,18)19/h2-5,8,10,20H,6-7,9H2,1H3,(H,24,25). The highest BCUT2D eigenvalue weighted by Crippen LogP contribution is 2.36. The van der Waals surface area contributed by atoms with Crippen molar-refractivity contribution < 1.29 is 23.1 Å². The van der Waals surface area contributed by atoms with Crippen molar-refractivity contribution in [3.8, 4) is 0 Å². The monoisotopic (exact) mass is 354 g/mol. The average Bonchev–Trinajstić information content (AvgIpc) is 2.93. The number of anilines is 2. The smallest absolute Gasteiger partial charge is 0.416 e. The second kappa shape index (κ2) is 6.30. The molecule has 9 heteroatoms. The minimum absolute atomic E-state index is 0.0127. The molecule has 1 atom stereocenters. The fourth-order valence-electron chi connectivity index (χ4n) is 3.05. The third-order valence-electron chi connectivity index (χ3n) is 4.30. The molecule has 0 bridgehead atoms. The summed E-state index contributed by atoms with van der Waals surface area (Å²) in [6, 6.07) is 4.94. The summed E-state index contributed by atoms with van der Waals surface area (Å²) in [5.74, 6) is -0.0127. The minimum atomic E-state index is -4.38. The van der Waals surface area contributed by atoms with Crippen LogP contribution in [0.4, 0.5) is 29.3 Å². The first-order chi connectivity index (χ1) is 11.8. The number of aromatic nitrogens is 2. The number of nitrogens with one attached hydrogen (secondary N) is 1. The summed E-state index contributed by atoms with van der Waals surface area (Å²) in [7, 11) is 1.79. The van der Waals surface area contributed by atoms with E-state index in [0.717, 1.165) is 23.5 Å². The van der Waals surface area contributed by atoms with Crippen LogP contribution < -0.4 is 10.2 Å². The van der Waals surface area contributed by atoms with Gasteiger partial charge in [-0.15, -0.1) is 0 Å². The van der Waals surface area contributed by atoms with Crippen LogP contribution in [0.15, 0.2) is 30.5 Å². The van der Waals surface area contributed by atoms with E-state index in [0.29, 0.717) is 18.7 Å². The van der Waals surface area contributed by atoms with E-state index in [1.165, 1.54) is 12.1 Å². The Kier molecular flexibility index (Phi) is 4.32. The molecule has 1 aromatic heterocycles. The van der Waals surface area contributed by atoms with Gasteiger partial charge in [0.25, 0.3) is 0 Å². The highest BCUT2D eigenvalue weighted by Gasteiger charge is 2.32. The lowest BCUT2D eigenvalue weighted by molar-refractivity contribution is -0.137. The predicted molar refractivity (Wildman–Crippen MR) is 84.9 cm³/mol. The molecule has 0 fully saturated rings. The Hall–Kier alpha value is -2.71. The largest absolute Gasteiger partial charge is 0.465 e. The number of hydrogen-bond donors (Lipinski definition) is 2.